The quantitative estimate of drug-likeness (QED) is 0.455. The smallest absolute Gasteiger partial charge is 0.272 e. The van der Waals surface area contributed by atoms with Gasteiger partial charge in [-0.05, 0) is 43.7 Å². The Labute approximate surface area is 259 Å². The highest BCUT2D eigenvalue weighted by Crippen LogP contribution is 2.18. The van der Waals surface area contributed by atoms with E-state index >= 15 is 0 Å². The monoisotopic (exact) mass is 609 g/mol. The molecule has 0 spiro atoms. The van der Waals surface area contributed by atoms with E-state index in [-0.39, 0.29) is 49.7 Å². The van der Waals surface area contributed by atoms with Crippen molar-refractivity contribution in [2.75, 3.05) is 26.7 Å². The Balaban J connectivity index is 1.95. The van der Waals surface area contributed by atoms with E-state index in [1.165, 1.54) is 16.8 Å². The van der Waals surface area contributed by atoms with Crippen LogP contribution in [0.4, 0.5) is 0 Å². The molecule has 2 heterocycles. The van der Waals surface area contributed by atoms with Gasteiger partial charge in [-0.1, -0.05) is 58.0 Å². The maximum atomic E-state index is 14.0. The van der Waals surface area contributed by atoms with Crippen molar-refractivity contribution in [2.24, 2.45) is 5.92 Å². The van der Waals surface area contributed by atoms with Gasteiger partial charge in [-0.2, -0.15) is 5.10 Å². The first-order valence-electron chi connectivity index (χ1n) is 15.4. The van der Waals surface area contributed by atoms with Crippen molar-refractivity contribution >= 4 is 29.5 Å². The van der Waals surface area contributed by atoms with Crippen LogP contribution in [0.5, 0.6) is 0 Å². The number of hydrogen-bond acceptors (Lipinski definition) is 6. The standard InChI is InChI=1S/C32H47N7O5/c1-8-39-26(18-24(36-39)20(2)3)31(43)38-16-12-15-33-30(42)25(17-23-13-10-9-11-14-23)34-27(40)19-37(7)32(44)28(21(4)5)35-29(41)22(38)6/h9-11,13-14,18,20-22,25,28H,8,12,15-17,19H2,1-7H3,(H,33,42)(H,34,40)(H,35,41)/t22-,25+,28+/m1/s1. The van der Waals surface area contributed by atoms with Crippen LogP contribution in [-0.4, -0.2) is 93.9 Å². The normalized spacial score (nSPS) is 21.3. The van der Waals surface area contributed by atoms with Gasteiger partial charge in [-0.25, -0.2) is 0 Å². The lowest BCUT2D eigenvalue weighted by Gasteiger charge is -2.32. The molecule has 0 aliphatic carbocycles. The van der Waals surface area contributed by atoms with Gasteiger partial charge in [0.1, 0.15) is 23.8 Å². The Bertz CT molecular complexity index is 1320. The third kappa shape index (κ3) is 8.67. The summed E-state index contributed by atoms with van der Waals surface area (Å²) in [5, 5.41) is 13.1. The molecule has 240 valence electrons. The maximum absolute atomic E-state index is 14.0. The molecule has 2 aromatic rings. The lowest BCUT2D eigenvalue weighted by molar-refractivity contribution is -0.140. The highest BCUT2D eigenvalue weighted by atomic mass is 16.2. The average Bonchev–Trinajstić information content (AvgIpc) is 3.43. The summed E-state index contributed by atoms with van der Waals surface area (Å²) in [5.74, 6) is -2.35. The highest BCUT2D eigenvalue weighted by molar-refractivity contribution is 5.98. The van der Waals surface area contributed by atoms with Crippen LogP contribution in [0.15, 0.2) is 36.4 Å². The second-order valence-corrected chi connectivity index (χ2v) is 12.0. The van der Waals surface area contributed by atoms with Gasteiger partial charge in [0.25, 0.3) is 5.91 Å². The van der Waals surface area contributed by atoms with Crippen LogP contribution in [0.25, 0.3) is 0 Å². The largest absolute Gasteiger partial charge is 0.354 e. The van der Waals surface area contributed by atoms with Gasteiger partial charge >= 0.3 is 0 Å². The number of aryl methyl sites for hydroxylation is 1. The van der Waals surface area contributed by atoms with Crippen molar-refractivity contribution in [1.82, 2.24) is 35.5 Å². The lowest BCUT2D eigenvalue weighted by atomic mass is 10.0. The van der Waals surface area contributed by atoms with Gasteiger partial charge in [-0.3, -0.25) is 28.7 Å². The van der Waals surface area contributed by atoms with Gasteiger partial charge in [-0.15, -0.1) is 0 Å². The molecule has 1 fully saturated rings. The fourth-order valence-corrected chi connectivity index (χ4v) is 5.09. The first kappa shape index (κ1) is 34.3. The Morgan fingerprint density at radius 2 is 1.70 bits per heavy atom. The van der Waals surface area contributed by atoms with E-state index in [9.17, 15) is 24.0 Å². The number of rotatable bonds is 6. The summed E-state index contributed by atoms with van der Waals surface area (Å²) in [5.41, 5.74) is 2.01. The number of nitrogens with zero attached hydrogens (tertiary/aromatic N) is 4. The minimum Gasteiger partial charge on any atom is -0.354 e. The molecule has 0 unspecified atom stereocenters. The molecule has 5 amide bonds. The van der Waals surface area contributed by atoms with Gasteiger partial charge in [0.2, 0.25) is 23.6 Å². The molecular weight excluding hydrogens is 562 g/mol. The van der Waals surface area contributed by atoms with Crippen molar-refractivity contribution in [3.63, 3.8) is 0 Å². The molecule has 1 aliphatic rings. The molecule has 3 N–H and O–H groups in total. The van der Waals surface area contributed by atoms with Gasteiger partial charge < -0.3 is 25.8 Å². The molecule has 1 saturated heterocycles. The molecule has 0 radical (unpaired) electrons. The van der Waals surface area contributed by atoms with E-state index in [2.05, 4.69) is 21.0 Å². The topological polar surface area (TPSA) is 146 Å². The highest BCUT2D eigenvalue weighted by Gasteiger charge is 2.34. The minimum absolute atomic E-state index is 0.108. The first-order chi connectivity index (χ1) is 20.8. The van der Waals surface area contributed by atoms with Crippen molar-refractivity contribution in [3.05, 3.63) is 53.3 Å². The predicted octanol–water partition coefficient (Wildman–Crippen LogP) is 1.70. The van der Waals surface area contributed by atoms with Crippen LogP contribution >= 0.6 is 0 Å². The first-order valence-corrected chi connectivity index (χ1v) is 15.4. The number of aromatic nitrogens is 2. The van der Waals surface area contributed by atoms with Crippen molar-refractivity contribution in [1.29, 1.82) is 0 Å². The van der Waals surface area contributed by atoms with E-state index in [0.29, 0.717) is 18.7 Å². The number of carbonyl (C=O) groups is 5. The van der Waals surface area contributed by atoms with E-state index < -0.39 is 35.8 Å². The van der Waals surface area contributed by atoms with Crippen LogP contribution in [0.1, 0.15) is 75.6 Å². The van der Waals surface area contributed by atoms with Gasteiger partial charge in [0.15, 0.2) is 0 Å². The lowest BCUT2D eigenvalue weighted by Crippen LogP contribution is -2.58. The predicted molar refractivity (Wildman–Crippen MR) is 167 cm³/mol. The number of likely N-dealkylation sites (N-methyl/N-ethyl adjacent to an activating group) is 1. The number of nitrogens with one attached hydrogen (secondary N) is 3. The van der Waals surface area contributed by atoms with E-state index in [1.807, 2.05) is 51.1 Å². The summed E-state index contributed by atoms with van der Waals surface area (Å²) in [6, 6.07) is 8.38. The SMILES string of the molecule is CCn1nc(C(C)C)cc1C(=O)N1CCCNC(=O)[C@H](Cc2ccccc2)NC(=O)CN(C)C(=O)[C@H](C(C)C)NC(=O)[C@H]1C. The summed E-state index contributed by atoms with van der Waals surface area (Å²) in [4.78, 5) is 70.0. The summed E-state index contributed by atoms with van der Waals surface area (Å²) < 4.78 is 1.63. The molecule has 44 heavy (non-hydrogen) atoms. The van der Waals surface area contributed by atoms with Crippen LogP contribution in [0.3, 0.4) is 0 Å². The molecule has 12 heteroatoms. The summed E-state index contributed by atoms with van der Waals surface area (Å²) in [6.07, 6.45) is 0.620. The molecule has 1 aliphatic heterocycles. The summed E-state index contributed by atoms with van der Waals surface area (Å²) in [7, 11) is 1.48. The number of hydrogen-bond donors (Lipinski definition) is 3. The zero-order chi connectivity index (χ0) is 32.6. The fraction of sp³-hybridized carbons (Fsp3) is 0.562. The average molecular weight is 610 g/mol. The third-order valence-corrected chi connectivity index (χ3v) is 7.81. The van der Waals surface area contributed by atoms with Gasteiger partial charge in [0, 0.05) is 33.1 Å². The Hall–Kier alpha value is -4.22. The van der Waals surface area contributed by atoms with E-state index in [1.54, 1.807) is 31.5 Å². The number of benzene rings is 1. The zero-order valence-electron chi connectivity index (χ0n) is 26.9. The van der Waals surface area contributed by atoms with Crippen molar-refractivity contribution in [3.8, 4) is 0 Å². The van der Waals surface area contributed by atoms with E-state index in [0.717, 1.165) is 11.3 Å². The maximum Gasteiger partial charge on any atom is 0.272 e. The number of carbonyl (C=O) groups excluding carboxylic acids is 5. The van der Waals surface area contributed by atoms with Crippen LogP contribution in [-0.2, 0) is 32.1 Å². The van der Waals surface area contributed by atoms with Crippen LogP contribution < -0.4 is 16.0 Å². The molecule has 0 saturated carbocycles. The second-order valence-electron chi connectivity index (χ2n) is 12.0. The van der Waals surface area contributed by atoms with Crippen molar-refractivity contribution < 1.29 is 24.0 Å². The Kier molecular flexibility index (Phi) is 12.1. The Morgan fingerprint density at radius 3 is 2.32 bits per heavy atom. The third-order valence-electron chi connectivity index (χ3n) is 7.81. The molecular formula is C32H47N7O5. The molecule has 3 rings (SSSR count). The van der Waals surface area contributed by atoms with Gasteiger partial charge in [0.05, 0.1) is 12.2 Å². The Morgan fingerprint density at radius 1 is 1.02 bits per heavy atom. The van der Waals surface area contributed by atoms with Crippen molar-refractivity contribution in [2.45, 2.75) is 85.0 Å². The minimum atomic E-state index is -0.928. The molecule has 0 bridgehead atoms. The van der Waals surface area contributed by atoms with Crippen LogP contribution in [0, 0.1) is 5.92 Å². The fourth-order valence-electron chi connectivity index (χ4n) is 5.09. The molecule has 12 nitrogen and oxygen atoms in total. The molecule has 1 aromatic carbocycles. The van der Waals surface area contributed by atoms with E-state index in [4.69, 9.17) is 0 Å². The van der Waals surface area contributed by atoms with Crippen LogP contribution in [0.2, 0.25) is 0 Å². The summed E-state index contributed by atoms with van der Waals surface area (Å²) >= 11 is 0. The number of amides is 5. The molecule has 1 aromatic heterocycles. The zero-order valence-corrected chi connectivity index (χ0v) is 26.9. The summed E-state index contributed by atoms with van der Waals surface area (Å²) in [6.45, 7) is 11.7. The molecule has 3 atom stereocenters. The second kappa shape index (κ2) is 15.5.